The zero-order valence-electron chi connectivity index (χ0n) is 12.3. The Morgan fingerprint density at radius 3 is 2.57 bits per heavy atom. The maximum Gasteiger partial charge on any atom is 0.265 e. The highest BCUT2D eigenvalue weighted by atomic mass is 35.7. The van der Waals surface area contributed by atoms with Crippen LogP contribution in [0.3, 0.4) is 0 Å². The Bertz CT molecular complexity index is 601. The van der Waals surface area contributed by atoms with Gasteiger partial charge in [0.2, 0.25) is 5.91 Å². The number of ether oxygens (including phenoxy) is 1. The molecule has 5 nitrogen and oxygen atoms in total. The Kier molecular flexibility index (Phi) is 6.48. The van der Waals surface area contributed by atoms with E-state index in [1.54, 1.807) is 13.0 Å². The van der Waals surface area contributed by atoms with Gasteiger partial charge in [-0.3, -0.25) is 4.79 Å². The second-order valence-electron chi connectivity index (χ2n) is 4.80. The normalized spacial score (nSPS) is 12.8. The van der Waals surface area contributed by atoms with E-state index in [-0.39, 0.29) is 22.5 Å². The molecule has 1 aromatic rings. The van der Waals surface area contributed by atoms with Gasteiger partial charge in [-0.1, -0.05) is 20.3 Å². The van der Waals surface area contributed by atoms with Gasteiger partial charge >= 0.3 is 0 Å². The van der Waals surface area contributed by atoms with Crippen molar-refractivity contribution >= 4 is 31.3 Å². The topological polar surface area (TPSA) is 72.5 Å². The van der Waals surface area contributed by atoms with E-state index in [1.807, 2.05) is 13.8 Å². The highest BCUT2D eigenvalue weighted by Crippen LogP contribution is 2.30. The maximum atomic E-state index is 11.8. The first-order chi connectivity index (χ1) is 9.77. The third kappa shape index (κ3) is 5.55. The van der Waals surface area contributed by atoms with Crippen LogP contribution < -0.4 is 10.1 Å². The number of anilines is 1. The van der Waals surface area contributed by atoms with Crippen LogP contribution in [-0.2, 0) is 13.8 Å². The van der Waals surface area contributed by atoms with E-state index in [1.165, 1.54) is 12.1 Å². The number of hydrogen-bond acceptors (Lipinski definition) is 4. The van der Waals surface area contributed by atoms with Gasteiger partial charge in [-0.05, 0) is 31.0 Å². The fraction of sp³-hybridized carbons (Fsp3) is 0.500. The molecule has 0 saturated heterocycles. The van der Waals surface area contributed by atoms with E-state index in [9.17, 15) is 13.2 Å². The summed E-state index contributed by atoms with van der Waals surface area (Å²) in [7, 11) is 1.45. The number of nitrogens with one attached hydrogen (secondary N) is 1. The van der Waals surface area contributed by atoms with Gasteiger partial charge in [0.1, 0.15) is 10.6 Å². The van der Waals surface area contributed by atoms with Crippen LogP contribution in [0.5, 0.6) is 5.75 Å². The van der Waals surface area contributed by atoms with Gasteiger partial charge in [0.05, 0.1) is 6.61 Å². The van der Waals surface area contributed by atoms with Crippen LogP contribution in [0, 0.1) is 5.92 Å². The highest BCUT2D eigenvalue weighted by Gasteiger charge is 2.18. The second kappa shape index (κ2) is 7.66. The molecule has 1 N–H and O–H groups in total. The smallest absolute Gasteiger partial charge is 0.265 e. The summed E-state index contributed by atoms with van der Waals surface area (Å²) >= 11 is 0. The average Bonchev–Trinajstić information content (AvgIpc) is 2.39. The minimum Gasteiger partial charge on any atom is -0.492 e. The first-order valence-corrected chi connectivity index (χ1v) is 9.10. The predicted molar refractivity (Wildman–Crippen MR) is 83.4 cm³/mol. The van der Waals surface area contributed by atoms with E-state index in [4.69, 9.17) is 15.4 Å². The Balaban J connectivity index is 2.98. The third-order valence-electron chi connectivity index (χ3n) is 3.02. The van der Waals surface area contributed by atoms with Crippen LogP contribution in [0.1, 0.15) is 33.6 Å². The van der Waals surface area contributed by atoms with Crippen molar-refractivity contribution in [3.8, 4) is 5.75 Å². The molecule has 0 heterocycles. The van der Waals surface area contributed by atoms with Gasteiger partial charge in [0.15, 0.2) is 0 Å². The predicted octanol–water partition coefficient (Wildman–Crippen LogP) is 3.39. The average molecular weight is 334 g/mol. The molecule has 0 aliphatic rings. The zero-order chi connectivity index (χ0) is 16.0. The van der Waals surface area contributed by atoms with Gasteiger partial charge in [0, 0.05) is 22.8 Å². The Morgan fingerprint density at radius 1 is 1.38 bits per heavy atom. The summed E-state index contributed by atoms with van der Waals surface area (Å²) < 4.78 is 28.4. The lowest BCUT2D eigenvalue weighted by Gasteiger charge is -2.12. The summed E-state index contributed by atoms with van der Waals surface area (Å²) in [5.74, 6) is 0.280. The maximum absolute atomic E-state index is 11.8. The third-order valence-corrected chi connectivity index (χ3v) is 4.36. The van der Waals surface area contributed by atoms with E-state index in [2.05, 4.69) is 5.32 Å². The van der Waals surface area contributed by atoms with Gasteiger partial charge in [-0.15, -0.1) is 0 Å². The van der Waals surface area contributed by atoms with Crippen LogP contribution in [0.15, 0.2) is 23.1 Å². The van der Waals surface area contributed by atoms with Crippen molar-refractivity contribution in [2.45, 2.75) is 38.5 Å². The zero-order valence-corrected chi connectivity index (χ0v) is 13.9. The number of carbonyl (C=O) groups is 1. The molecule has 0 fully saturated rings. The monoisotopic (exact) mass is 333 g/mol. The molecule has 118 valence electrons. The fourth-order valence-corrected chi connectivity index (χ4v) is 2.72. The number of amides is 1. The number of benzene rings is 1. The molecule has 0 aromatic heterocycles. The standard InChI is InChI=1S/C14H20ClNO4S/c1-4-10(3)8-14(17)16-11-6-7-12(20-5-2)13(9-11)21(15,18)19/h6-7,9-10H,4-5,8H2,1-3H3,(H,16,17). The number of halogens is 1. The van der Waals surface area contributed by atoms with Gasteiger partial charge in [0.25, 0.3) is 9.05 Å². The molecular formula is C14H20ClNO4S. The van der Waals surface area contributed by atoms with Crippen molar-refractivity contribution in [3.63, 3.8) is 0 Å². The summed E-state index contributed by atoms with van der Waals surface area (Å²) in [4.78, 5) is 11.7. The van der Waals surface area contributed by atoms with Crippen molar-refractivity contribution in [1.82, 2.24) is 0 Å². The summed E-state index contributed by atoms with van der Waals surface area (Å²) in [6.07, 6.45) is 1.28. The molecule has 1 rings (SSSR count). The highest BCUT2D eigenvalue weighted by molar-refractivity contribution is 8.13. The summed E-state index contributed by atoms with van der Waals surface area (Å²) in [5.41, 5.74) is 0.381. The molecule has 1 aromatic carbocycles. The molecule has 0 spiro atoms. The molecule has 21 heavy (non-hydrogen) atoms. The molecule has 0 aliphatic carbocycles. The van der Waals surface area contributed by atoms with E-state index >= 15 is 0 Å². The fourth-order valence-electron chi connectivity index (χ4n) is 1.72. The van der Waals surface area contributed by atoms with Crippen LogP contribution in [0.25, 0.3) is 0 Å². The second-order valence-corrected chi connectivity index (χ2v) is 7.33. The molecular weight excluding hydrogens is 314 g/mol. The van der Waals surface area contributed by atoms with Crippen LogP contribution in [0.4, 0.5) is 5.69 Å². The van der Waals surface area contributed by atoms with E-state index in [0.717, 1.165) is 6.42 Å². The lowest BCUT2D eigenvalue weighted by molar-refractivity contribution is -0.117. The Labute approximate surface area is 130 Å². The van der Waals surface area contributed by atoms with Crippen molar-refractivity contribution in [1.29, 1.82) is 0 Å². The van der Waals surface area contributed by atoms with Crippen LogP contribution >= 0.6 is 10.7 Å². The molecule has 0 bridgehead atoms. The van der Waals surface area contributed by atoms with Gasteiger partial charge in [-0.2, -0.15) is 0 Å². The van der Waals surface area contributed by atoms with Crippen molar-refractivity contribution < 1.29 is 17.9 Å². The number of hydrogen-bond donors (Lipinski definition) is 1. The molecule has 0 saturated carbocycles. The van der Waals surface area contributed by atoms with E-state index < -0.39 is 9.05 Å². The molecule has 7 heteroatoms. The first-order valence-electron chi connectivity index (χ1n) is 6.79. The SMILES string of the molecule is CCOc1ccc(NC(=O)CC(C)CC)cc1S(=O)(=O)Cl. The summed E-state index contributed by atoms with van der Waals surface area (Å²) in [6.45, 7) is 6.05. The number of carbonyl (C=O) groups excluding carboxylic acids is 1. The van der Waals surface area contributed by atoms with Gasteiger partial charge < -0.3 is 10.1 Å². The van der Waals surface area contributed by atoms with E-state index in [0.29, 0.717) is 18.7 Å². The lowest BCUT2D eigenvalue weighted by atomic mass is 10.1. The quantitative estimate of drug-likeness (QED) is 0.776. The minimum absolute atomic E-state index is 0.146. The largest absolute Gasteiger partial charge is 0.492 e. The van der Waals surface area contributed by atoms with Crippen LogP contribution in [0.2, 0.25) is 0 Å². The van der Waals surface area contributed by atoms with Gasteiger partial charge in [-0.25, -0.2) is 8.42 Å². The summed E-state index contributed by atoms with van der Waals surface area (Å²) in [6, 6.07) is 4.38. The Morgan fingerprint density at radius 2 is 2.05 bits per heavy atom. The van der Waals surface area contributed by atoms with Crippen molar-refractivity contribution in [2.75, 3.05) is 11.9 Å². The van der Waals surface area contributed by atoms with Crippen LogP contribution in [-0.4, -0.2) is 20.9 Å². The van der Waals surface area contributed by atoms with Crippen molar-refractivity contribution in [2.24, 2.45) is 5.92 Å². The molecule has 0 aliphatic heterocycles. The van der Waals surface area contributed by atoms with Crippen molar-refractivity contribution in [3.05, 3.63) is 18.2 Å². The molecule has 1 unspecified atom stereocenters. The minimum atomic E-state index is -3.95. The first kappa shape index (κ1) is 17.8. The summed E-state index contributed by atoms with van der Waals surface area (Å²) in [5, 5.41) is 2.67. The molecule has 0 radical (unpaired) electrons. The molecule has 1 amide bonds. The molecule has 1 atom stereocenters. The Hall–Kier alpha value is -1.27. The number of rotatable bonds is 7. The lowest BCUT2D eigenvalue weighted by Crippen LogP contribution is -2.15.